The second-order valence-electron chi connectivity index (χ2n) is 5.67. The first-order chi connectivity index (χ1) is 9.30. The number of halogens is 1. The summed E-state index contributed by atoms with van der Waals surface area (Å²) < 4.78 is 13.3. The molecular formula is C16H22FNO2. The molecule has 0 aliphatic heterocycles. The molecule has 0 bridgehead atoms. The zero-order valence-electron chi connectivity index (χ0n) is 12.2. The summed E-state index contributed by atoms with van der Waals surface area (Å²) in [7, 11) is 0. The van der Waals surface area contributed by atoms with Gasteiger partial charge in [-0.15, -0.1) is 0 Å². The quantitative estimate of drug-likeness (QED) is 0.787. The molecule has 110 valence electrons. The van der Waals surface area contributed by atoms with Crippen molar-refractivity contribution in [2.24, 2.45) is 5.92 Å². The predicted molar refractivity (Wildman–Crippen MR) is 78.5 cm³/mol. The molecular weight excluding hydrogens is 257 g/mol. The lowest BCUT2D eigenvalue weighted by Gasteiger charge is -2.25. The van der Waals surface area contributed by atoms with E-state index in [1.807, 2.05) is 13.8 Å². The van der Waals surface area contributed by atoms with Gasteiger partial charge in [0, 0.05) is 18.2 Å². The van der Waals surface area contributed by atoms with Crippen LogP contribution in [0.15, 0.2) is 30.3 Å². The number of carbonyl (C=O) groups is 1. The number of amides is 1. The van der Waals surface area contributed by atoms with E-state index in [0.29, 0.717) is 17.9 Å². The van der Waals surface area contributed by atoms with Crippen LogP contribution in [0.1, 0.15) is 32.8 Å². The van der Waals surface area contributed by atoms with Gasteiger partial charge in [-0.3, -0.25) is 4.79 Å². The van der Waals surface area contributed by atoms with Gasteiger partial charge < -0.3 is 10.4 Å². The third-order valence-electron chi connectivity index (χ3n) is 2.81. The maximum absolute atomic E-state index is 13.3. The van der Waals surface area contributed by atoms with E-state index < -0.39 is 5.60 Å². The SMILES string of the molecule is CC(C)CC(C)(O)CNC(=O)C=Cc1ccccc1F. The molecule has 0 radical (unpaired) electrons. The third kappa shape index (κ3) is 5.97. The Labute approximate surface area is 119 Å². The van der Waals surface area contributed by atoms with Crippen LogP contribution in [0.5, 0.6) is 0 Å². The van der Waals surface area contributed by atoms with Gasteiger partial charge >= 0.3 is 0 Å². The Balaban J connectivity index is 2.50. The Morgan fingerprint density at radius 2 is 2.10 bits per heavy atom. The van der Waals surface area contributed by atoms with Gasteiger partial charge in [-0.05, 0) is 31.4 Å². The van der Waals surface area contributed by atoms with Gasteiger partial charge in [-0.2, -0.15) is 0 Å². The Morgan fingerprint density at radius 3 is 2.70 bits per heavy atom. The van der Waals surface area contributed by atoms with Crippen molar-refractivity contribution in [3.63, 3.8) is 0 Å². The molecule has 0 aromatic heterocycles. The largest absolute Gasteiger partial charge is 0.388 e. The van der Waals surface area contributed by atoms with E-state index in [4.69, 9.17) is 0 Å². The summed E-state index contributed by atoms with van der Waals surface area (Å²) in [6.07, 6.45) is 3.29. The number of aliphatic hydroxyl groups is 1. The van der Waals surface area contributed by atoms with Crippen LogP contribution in [0.4, 0.5) is 4.39 Å². The Bertz CT molecular complexity index is 481. The van der Waals surface area contributed by atoms with Crippen LogP contribution in [-0.2, 0) is 4.79 Å². The summed E-state index contributed by atoms with van der Waals surface area (Å²) in [5, 5.41) is 12.7. The standard InChI is InChI=1S/C16H22FNO2/c1-12(2)10-16(3,20)11-18-15(19)9-8-13-6-4-5-7-14(13)17/h4-9,12,20H,10-11H2,1-3H3,(H,18,19). The smallest absolute Gasteiger partial charge is 0.244 e. The molecule has 4 heteroatoms. The fourth-order valence-corrected chi connectivity index (χ4v) is 2.06. The van der Waals surface area contributed by atoms with Gasteiger partial charge in [-0.25, -0.2) is 4.39 Å². The second kappa shape index (κ2) is 7.20. The Kier molecular flexibility index (Phi) is 5.89. The van der Waals surface area contributed by atoms with E-state index in [1.54, 1.807) is 25.1 Å². The molecule has 0 aliphatic carbocycles. The maximum atomic E-state index is 13.3. The van der Waals surface area contributed by atoms with Crippen LogP contribution in [-0.4, -0.2) is 23.2 Å². The fraction of sp³-hybridized carbons (Fsp3) is 0.438. The minimum Gasteiger partial charge on any atom is -0.388 e. The van der Waals surface area contributed by atoms with Gasteiger partial charge in [-0.1, -0.05) is 32.0 Å². The summed E-state index contributed by atoms with van der Waals surface area (Å²) in [4.78, 5) is 11.6. The average Bonchev–Trinajstić information content (AvgIpc) is 2.34. The number of hydrogen-bond donors (Lipinski definition) is 2. The Morgan fingerprint density at radius 1 is 1.45 bits per heavy atom. The lowest BCUT2D eigenvalue weighted by atomic mass is 9.94. The zero-order chi connectivity index (χ0) is 15.2. The lowest BCUT2D eigenvalue weighted by Crippen LogP contribution is -2.40. The molecule has 0 saturated carbocycles. The van der Waals surface area contributed by atoms with Crippen molar-refractivity contribution in [1.29, 1.82) is 0 Å². The molecule has 1 amide bonds. The second-order valence-corrected chi connectivity index (χ2v) is 5.67. The maximum Gasteiger partial charge on any atom is 0.244 e. The minimum atomic E-state index is -0.935. The van der Waals surface area contributed by atoms with E-state index in [-0.39, 0.29) is 18.3 Å². The first kappa shape index (κ1) is 16.4. The van der Waals surface area contributed by atoms with Gasteiger partial charge in [0.25, 0.3) is 0 Å². The van der Waals surface area contributed by atoms with Crippen LogP contribution < -0.4 is 5.32 Å². The number of rotatable bonds is 6. The normalized spacial score (nSPS) is 14.5. The zero-order valence-corrected chi connectivity index (χ0v) is 12.2. The number of carbonyl (C=O) groups excluding carboxylic acids is 1. The van der Waals surface area contributed by atoms with Crippen LogP contribution in [0.3, 0.4) is 0 Å². The van der Waals surface area contributed by atoms with Crippen LogP contribution in [0.25, 0.3) is 6.08 Å². The van der Waals surface area contributed by atoms with Crippen LogP contribution in [0, 0.1) is 11.7 Å². The molecule has 1 rings (SSSR count). The summed E-state index contributed by atoms with van der Waals surface area (Å²) in [5.41, 5.74) is -0.577. The number of nitrogens with one attached hydrogen (secondary N) is 1. The minimum absolute atomic E-state index is 0.172. The molecule has 3 nitrogen and oxygen atoms in total. The summed E-state index contributed by atoms with van der Waals surface area (Å²) in [5.74, 6) is -0.378. The van der Waals surface area contributed by atoms with Crippen LogP contribution >= 0.6 is 0 Å². The number of hydrogen-bond acceptors (Lipinski definition) is 2. The summed E-state index contributed by atoms with van der Waals surface area (Å²) >= 11 is 0. The van der Waals surface area contributed by atoms with Gasteiger partial charge in [0.05, 0.1) is 5.60 Å². The molecule has 0 aliphatic rings. The molecule has 0 spiro atoms. The van der Waals surface area contributed by atoms with Crippen molar-refractivity contribution in [2.45, 2.75) is 32.8 Å². The molecule has 1 aromatic rings. The van der Waals surface area contributed by atoms with Crippen molar-refractivity contribution < 1.29 is 14.3 Å². The predicted octanol–water partition coefficient (Wildman–Crippen LogP) is 2.75. The topological polar surface area (TPSA) is 49.3 Å². The fourth-order valence-electron chi connectivity index (χ4n) is 2.06. The molecule has 1 aromatic carbocycles. The Hall–Kier alpha value is -1.68. The molecule has 20 heavy (non-hydrogen) atoms. The molecule has 1 unspecified atom stereocenters. The molecule has 0 heterocycles. The van der Waals surface area contributed by atoms with Crippen molar-refractivity contribution in [3.05, 3.63) is 41.7 Å². The van der Waals surface area contributed by atoms with Crippen molar-refractivity contribution in [3.8, 4) is 0 Å². The van der Waals surface area contributed by atoms with Crippen molar-refractivity contribution in [1.82, 2.24) is 5.32 Å². The summed E-state index contributed by atoms with van der Waals surface area (Å²) in [6, 6.07) is 6.23. The third-order valence-corrected chi connectivity index (χ3v) is 2.81. The van der Waals surface area contributed by atoms with Crippen LogP contribution in [0.2, 0.25) is 0 Å². The molecule has 0 fully saturated rings. The van der Waals surface area contributed by atoms with E-state index in [9.17, 15) is 14.3 Å². The van der Waals surface area contributed by atoms with E-state index >= 15 is 0 Å². The van der Waals surface area contributed by atoms with Crippen molar-refractivity contribution >= 4 is 12.0 Å². The molecule has 2 N–H and O–H groups in total. The van der Waals surface area contributed by atoms with E-state index in [0.717, 1.165) is 0 Å². The first-order valence-corrected chi connectivity index (χ1v) is 6.73. The van der Waals surface area contributed by atoms with Crippen molar-refractivity contribution in [2.75, 3.05) is 6.54 Å². The van der Waals surface area contributed by atoms with Gasteiger partial charge in [0.1, 0.15) is 5.82 Å². The molecule has 1 atom stereocenters. The first-order valence-electron chi connectivity index (χ1n) is 6.73. The number of benzene rings is 1. The van der Waals surface area contributed by atoms with E-state index in [2.05, 4.69) is 5.32 Å². The average molecular weight is 279 g/mol. The molecule has 0 saturated heterocycles. The highest BCUT2D eigenvalue weighted by molar-refractivity contribution is 5.91. The monoisotopic (exact) mass is 279 g/mol. The van der Waals surface area contributed by atoms with Gasteiger partial charge in [0.2, 0.25) is 5.91 Å². The highest BCUT2D eigenvalue weighted by atomic mass is 19.1. The highest BCUT2D eigenvalue weighted by Gasteiger charge is 2.21. The highest BCUT2D eigenvalue weighted by Crippen LogP contribution is 2.15. The van der Waals surface area contributed by atoms with E-state index in [1.165, 1.54) is 18.2 Å². The van der Waals surface area contributed by atoms with Gasteiger partial charge in [0.15, 0.2) is 0 Å². The lowest BCUT2D eigenvalue weighted by molar-refractivity contribution is -0.117. The summed E-state index contributed by atoms with van der Waals surface area (Å²) in [6.45, 7) is 5.88.